The van der Waals surface area contributed by atoms with Crippen molar-refractivity contribution in [3.8, 4) is 0 Å². The molecule has 0 saturated carbocycles. The Morgan fingerprint density at radius 3 is 2.09 bits per heavy atom. The van der Waals surface area contributed by atoms with Gasteiger partial charge in [0.05, 0.1) is 23.2 Å². The van der Waals surface area contributed by atoms with Gasteiger partial charge in [0.1, 0.15) is 5.60 Å². The van der Waals surface area contributed by atoms with E-state index in [0.29, 0.717) is 22.5 Å². The fourth-order valence-corrected chi connectivity index (χ4v) is 4.64. The Kier molecular flexibility index (Phi) is 10.6. The van der Waals surface area contributed by atoms with Crippen molar-refractivity contribution >= 4 is 29.2 Å². The van der Waals surface area contributed by atoms with Gasteiger partial charge in [-0.2, -0.15) is 26.3 Å². The molecule has 1 aliphatic heterocycles. The van der Waals surface area contributed by atoms with Gasteiger partial charge in [0.2, 0.25) is 12.1 Å². The number of anilines is 1. The molecule has 0 fully saturated rings. The Hall–Kier alpha value is -3.90. The van der Waals surface area contributed by atoms with Crippen molar-refractivity contribution < 1.29 is 45.5 Å². The van der Waals surface area contributed by atoms with Crippen LogP contribution in [-0.2, 0) is 19.1 Å². The van der Waals surface area contributed by atoms with E-state index >= 15 is 0 Å². The quantitative estimate of drug-likeness (QED) is 0.234. The van der Waals surface area contributed by atoms with Gasteiger partial charge >= 0.3 is 18.3 Å². The molecule has 0 aliphatic carbocycles. The third kappa shape index (κ3) is 10.4. The molecular formula is C30H33F6N3O4. The summed E-state index contributed by atoms with van der Waals surface area (Å²) in [4.78, 5) is 44.3. The molecule has 0 aromatic heterocycles. The summed E-state index contributed by atoms with van der Waals surface area (Å²) >= 11 is 0. The second kappa shape index (κ2) is 13.6. The highest BCUT2D eigenvalue weighted by Gasteiger charge is 2.41. The highest BCUT2D eigenvalue weighted by molar-refractivity contribution is 6.19. The van der Waals surface area contributed by atoms with Gasteiger partial charge in [-0.05, 0) is 46.1 Å². The van der Waals surface area contributed by atoms with E-state index < -0.39 is 85.8 Å². The van der Waals surface area contributed by atoms with E-state index in [2.05, 4.69) is 15.6 Å². The van der Waals surface area contributed by atoms with Crippen LogP contribution in [0.4, 0.5) is 32.0 Å². The van der Waals surface area contributed by atoms with Crippen molar-refractivity contribution in [3.05, 3.63) is 65.7 Å². The molecule has 3 atom stereocenters. The van der Waals surface area contributed by atoms with Crippen molar-refractivity contribution in [3.63, 3.8) is 0 Å². The van der Waals surface area contributed by atoms with Gasteiger partial charge < -0.3 is 15.4 Å². The first-order chi connectivity index (χ1) is 19.9. The number of nitrogens with zero attached hydrogens (tertiary/aromatic N) is 1. The lowest BCUT2D eigenvalue weighted by Crippen LogP contribution is -2.48. The number of amides is 2. The molecule has 1 unspecified atom stereocenters. The molecule has 1 heterocycles. The number of para-hydroxylation sites is 1. The van der Waals surface area contributed by atoms with E-state index in [1.54, 1.807) is 54.6 Å². The zero-order valence-corrected chi connectivity index (χ0v) is 23.8. The fourth-order valence-electron chi connectivity index (χ4n) is 4.64. The Bertz CT molecular complexity index is 1320. The number of hydrogen-bond acceptors (Lipinski definition) is 5. The first kappa shape index (κ1) is 33.6. The molecule has 2 amide bonds. The average Bonchev–Trinajstić information content (AvgIpc) is 3.02. The van der Waals surface area contributed by atoms with E-state index in [9.17, 15) is 40.7 Å². The van der Waals surface area contributed by atoms with Crippen LogP contribution in [0, 0.1) is 11.8 Å². The number of fused-ring (bicyclic) bond motifs is 1. The number of benzene rings is 2. The number of aliphatic imine (C=N–C) groups is 1. The summed E-state index contributed by atoms with van der Waals surface area (Å²) in [7, 11) is 0. The maximum absolute atomic E-state index is 13.6. The van der Waals surface area contributed by atoms with Gasteiger partial charge in [0.15, 0.2) is 0 Å². The van der Waals surface area contributed by atoms with E-state index in [0.717, 1.165) is 0 Å². The Morgan fingerprint density at radius 2 is 1.49 bits per heavy atom. The molecule has 2 N–H and O–H groups in total. The number of ether oxygens (including phenoxy) is 1. The zero-order chi connectivity index (χ0) is 32.0. The van der Waals surface area contributed by atoms with Crippen LogP contribution in [0.3, 0.4) is 0 Å². The smallest absolute Gasteiger partial charge is 0.389 e. The normalized spacial score (nSPS) is 17.1. The van der Waals surface area contributed by atoms with E-state index in [1.165, 1.54) is 20.8 Å². The highest BCUT2D eigenvalue weighted by atomic mass is 19.4. The van der Waals surface area contributed by atoms with Gasteiger partial charge in [-0.15, -0.1) is 0 Å². The number of esters is 1. The highest BCUT2D eigenvalue weighted by Crippen LogP contribution is 2.33. The van der Waals surface area contributed by atoms with E-state index in [4.69, 9.17) is 4.74 Å². The van der Waals surface area contributed by atoms with E-state index in [1.807, 2.05) is 0 Å². The van der Waals surface area contributed by atoms with Crippen molar-refractivity contribution in [2.75, 3.05) is 5.32 Å². The third-order valence-corrected chi connectivity index (χ3v) is 6.52. The van der Waals surface area contributed by atoms with Crippen LogP contribution in [0.2, 0.25) is 0 Å². The predicted octanol–water partition coefficient (Wildman–Crippen LogP) is 6.57. The summed E-state index contributed by atoms with van der Waals surface area (Å²) < 4.78 is 84.0. The first-order valence-corrected chi connectivity index (χ1v) is 13.6. The van der Waals surface area contributed by atoms with Crippen LogP contribution in [0.25, 0.3) is 0 Å². The number of alkyl halides is 6. The minimum absolute atomic E-state index is 0.306. The Morgan fingerprint density at radius 1 is 0.884 bits per heavy atom. The SMILES string of the molecule is CC(C)(C)OC(=O)[C@@H](CCCC(F)(F)F)[C@@H](CCC(F)(F)F)C(=O)NC1N=C(c2ccccc2)c2ccccc2NC1=O. The van der Waals surface area contributed by atoms with Gasteiger partial charge in [0, 0.05) is 24.0 Å². The summed E-state index contributed by atoms with van der Waals surface area (Å²) in [6, 6.07) is 15.3. The van der Waals surface area contributed by atoms with Crippen molar-refractivity contribution in [1.29, 1.82) is 0 Å². The van der Waals surface area contributed by atoms with Crippen molar-refractivity contribution in [2.45, 2.75) is 77.0 Å². The predicted molar refractivity (Wildman–Crippen MR) is 147 cm³/mol. The molecule has 0 radical (unpaired) electrons. The van der Waals surface area contributed by atoms with Gasteiger partial charge in [-0.1, -0.05) is 48.5 Å². The lowest BCUT2D eigenvalue weighted by atomic mass is 9.83. The molecule has 0 bridgehead atoms. The number of carbonyl (C=O) groups is 3. The van der Waals surface area contributed by atoms with Crippen molar-refractivity contribution in [2.24, 2.45) is 16.8 Å². The largest absolute Gasteiger partial charge is 0.460 e. The molecule has 7 nitrogen and oxygen atoms in total. The Labute approximate surface area is 245 Å². The van der Waals surface area contributed by atoms with Crippen LogP contribution >= 0.6 is 0 Å². The molecule has 13 heteroatoms. The fraction of sp³-hybridized carbons (Fsp3) is 0.467. The number of halogens is 6. The molecule has 2 aromatic rings. The molecule has 0 saturated heterocycles. The standard InChI is InChI=1S/C30H33F6N3O4/c1-28(2,3)43-27(42)20(13-9-16-29(31,32)33)19(15-17-30(34,35)36)25(40)39-24-26(41)37-22-14-8-7-12-21(22)23(38-24)18-10-5-4-6-11-18/h4-8,10-12,14,19-20,24H,9,13,15-17H2,1-3H3,(H,37,41)(H,39,40)/t19-,20+,24?/m1/s1. The maximum Gasteiger partial charge on any atom is 0.389 e. The molecule has 1 aliphatic rings. The topological polar surface area (TPSA) is 96.9 Å². The molecule has 2 aromatic carbocycles. The molecular weight excluding hydrogens is 580 g/mol. The summed E-state index contributed by atoms with van der Waals surface area (Å²) in [5.74, 6) is -6.46. The molecule has 0 spiro atoms. The summed E-state index contributed by atoms with van der Waals surface area (Å²) in [6.07, 6.45) is -15.9. The second-order valence-electron chi connectivity index (χ2n) is 11.2. The summed E-state index contributed by atoms with van der Waals surface area (Å²) in [5.41, 5.74) is 0.649. The summed E-state index contributed by atoms with van der Waals surface area (Å²) in [6.45, 7) is 4.45. The van der Waals surface area contributed by atoms with Crippen LogP contribution in [0.5, 0.6) is 0 Å². The van der Waals surface area contributed by atoms with Gasteiger partial charge in [-0.25, -0.2) is 4.99 Å². The lowest BCUT2D eigenvalue weighted by Gasteiger charge is -2.29. The monoisotopic (exact) mass is 613 g/mol. The minimum Gasteiger partial charge on any atom is -0.460 e. The first-order valence-electron chi connectivity index (χ1n) is 13.6. The molecule has 234 valence electrons. The molecule has 43 heavy (non-hydrogen) atoms. The van der Waals surface area contributed by atoms with Crippen LogP contribution < -0.4 is 10.6 Å². The van der Waals surface area contributed by atoms with Crippen LogP contribution in [0.1, 0.15) is 64.0 Å². The lowest BCUT2D eigenvalue weighted by molar-refractivity contribution is -0.168. The molecule has 3 rings (SSSR count). The van der Waals surface area contributed by atoms with Crippen LogP contribution in [0.15, 0.2) is 59.6 Å². The van der Waals surface area contributed by atoms with Gasteiger partial charge in [-0.3, -0.25) is 14.4 Å². The third-order valence-electron chi connectivity index (χ3n) is 6.52. The van der Waals surface area contributed by atoms with Crippen molar-refractivity contribution in [1.82, 2.24) is 5.32 Å². The average molecular weight is 614 g/mol. The van der Waals surface area contributed by atoms with Crippen LogP contribution in [-0.4, -0.2) is 47.6 Å². The number of hydrogen-bond donors (Lipinski definition) is 2. The Balaban J connectivity index is 2.00. The number of rotatable bonds is 10. The maximum atomic E-state index is 13.6. The number of benzodiazepines with no additional fused rings is 1. The zero-order valence-electron chi connectivity index (χ0n) is 23.8. The minimum atomic E-state index is -4.73. The number of carbonyl (C=O) groups excluding carboxylic acids is 3. The van der Waals surface area contributed by atoms with E-state index in [-0.39, 0.29) is 0 Å². The van der Waals surface area contributed by atoms with Gasteiger partial charge in [0.25, 0.3) is 5.91 Å². The summed E-state index contributed by atoms with van der Waals surface area (Å²) in [5, 5.41) is 4.99. The second-order valence-corrected chi connectivity index (χ2v) is 11.2. The number of nitrogens with one attached hydrogen (secondary N) is 2.